The third kappa shape index (κ3) is 1.82. The standard InChI is InChI=1S/C9H5ClN4O2/c10-9-8(14(15)16)7(12-5-13-9)6-2-1-3-11-4-6/h1-5H. The van der Waals surface area contributed by atoms with Crippen LogP contribution in [-0.4, -0.2) is 19.9 Å². The lowest BCUT2D eigenvalue weighted by Crippen LogP contribution is -1.97. The van der Waals surface area contributed by atoms with E-state index in [1.807, 2.05) is 0 Å². The highest BCUT2D eigenvalue weighted by Crippen LogP contribution is 2.31. The van der Waals surface area contributed by atoms with Gasteiger partial charge in [-0.3, -0.25) is 15.1 Å². The zero-order valence-electron chi connectivity index (χ0n) is 7.87. The monoisotopic (exact) mass is 236 g/mol. The molecule has 0 aliphatic rings. The van der Waals surface area contributed by atoms with E-state index >= 15 is 0 Å². The average molecular weight is 237 g/mol. The summed E-state index contributed by atoms with van der Waals surface area (Å²) in [6.45, 7) is 0. The first kappa shape index (κ1) is 10.4. The van der Waals surface area contributed by atoms with Crippen LogP contribution in [0, 0.1) is 10.1 Å². The Bertz CT molecular complexity index is 532. The minimum atomic E-state index is -0.606. The second kappa shape index (κ2) is 4.19. The van der Waals surface area contributed by atoms with Gasteiger partial charge in [0.1, 0.15) is 6.33 Å². The van der Waals surface area contributed by atoms with Crippen LogP contribution >= 0.6 is 11.6 Å². The van der Waals surface area contributed by atoms with Crippen LogP contribution in [0.4, 0.5) is 5.69 Å². The number of rotatable bonds is 2. The van der Waals surface area contributed by atoms with Crippen molar-refractivity contribution in [2.24, 2.45) is 0 Å². The van der Waals surface area contributed by atoms with E-state index in [1.54, 1.807) is 18.3 Å². The molecule has 0 bridgehead atoms. The molecule has 2 aromatic heterocycles. The fourth-order valence-electron chi connectivity index (χ4n) is 1.23. The van der Waals surface area contributed by atoms with Crippen LogP contribution in [0.3, 0.4) is 0 Å². The molecule has 16 heavy (non-hydrogen) atoms. The third-order valence-electron chi connectivity index (χ3n) is 1.90. The van der Waals surface area contributed by atoms with E-state index < -0.39 is 4.92 Å². The Balaban J connectivity index is 2.66. The number of pyridine rings is 1. The van der Waals surface area contributed by atoms with Crippen LogP contribution < -0.4 is 0 Å². The summed E-state index contributed by atoms with van der Waals surface area (Å²) in [5.74, 6) is 0. The maximum Gasteiger partial charge on any atom is 0.332 e. The first-order chi connectivity index (χ1) is 7.70. The van der Waals surface area contributed by atoms with Crippen molar-refractivity contribution >= 4 is 17.3 Å². The van der Waals surface area contributed by atoms with Gasteiger partial charge in [-0.05, 0) is 12.1 Å². The van der Waals surface area contributed by atoms with Gasteiger partial charge in [-0.15, -0.1) is 0 Å². The summed E-state index contributed by atoms with van der Waals surface area (Å²) in [7, 11) is 0. The van der Waals surface area contributed by atoms with Crippen LogP contribution in [0.5, 0.6) is 0 Å². The molecule has 0 unspecified atom stereocenters. The Kier molecular flexibility index (Phi) is 2.74. The van der Waals surface area contributed by atoms with Gasteiger partial charge in [-0.25, -0.2) is 9.97 Å². The van der Waals surface area contributed by atoms with Crippen molar-refractivity contribution in [1.82, 2.24) is 15.0 Å². The number of nitro groups is 1. The molecule has 0 spiro atoms. The van der Waals surface area contributed by atoms with E-state index in [-0.39, 0.29) is 16.5 Å². The maximum absolute atomic E-state index is 10.8. The van der Waals surface area contributed by atoms with E-state index in [0.717, 1.165) is 0 Å². The van der Waals surface area contributed by atoms with Gasteiger partial charge < -0.3 is 0 Å². The minimum absolute atomic E-state index is 0.165. The van der Waals surface area contributed by atoms with Crippen molar-refractivity contribution in [2.45, 2.75) is 0 Å². The van der Waals surface area contributed by atoms with Gasteiger partial charge in [0.25, 0.3) is 0 Å². The summed E-state index contributed by atoms with van der Waals surface area (Å²) < 4.78 is 0. The molecule has 2 rings (SSSR count). The van der Waals surface area contributed by atoms with E-state index in [1.165, 1.54) is 12.5 Å². The largest absolute Gasteiger partial charge is 0.332 e. The van der Waals surface area contributed by atoms with E-state index in [9.17, 15) is 10.1 Å². The predicted molar refractivity (Wildman–Crippen MR) is 56.9 cm³/mol. The Morgan fingerprint density at radius 3 is 2.81 bits per heavy atom. The highest BCUT2D eigenvalue weighted by Gasteiger charge is 2.22. The van der Waals surface area contributed by atoms with Crippen molar-refractivity contribution in [3.8, 4) is 11.3 Å². The lowest BCUT2D eigenvalue weighted by Gasteiger charge is -2.01. The van der Waals surface area contributed by atoms with Crippen molar-refractivity contribution in [2.75, 3.05) is 0 Å². The lowest BCUT2D eigenvalue weighted by molar-refractivity contribution is -0.384. The van der Waals surface area contributed by atoms with Gasteiger partial charge in [-0.1, -0.05) is 11.6 Å². The minimum Gasteiger partial charge on any atom is -0.264 e. The van der Waals surface area contributed by atoms with Crippen LogP contribution in [-0.2, 0) is 0 Å². The van der Waals surface area contributed by atoms with E-state index in [4.69, 9.17) is 11.6 Å². The number of hydrogen-bond donors (Lipinski definition) is 0. The second-order valence-electron chi connectivity index (χ2n) is 2.86. The average Bonchev–Trinajstić information content (AvgIpc) is 2.29. The molecule has 2 heterocycles. The molecule has 0 amide bonds. The molecule has 0 N–H and O–H groups in total. The Labute approximate surface area is 95.1 Å². The Morgan fingerprint density at radius 1 is 1.38 bits per heavy atom. The maximum atomic E-state index is 10.8. The van der Waals surface area contributed by atoms with Crippen LogP contribution in [0.2, 0.25) is 5.15 Å². The molecule has 0 aliphatic heterocycles. The van der Waals surface area contributed by atoms with Gasteiger partial charge >= 0.3 is 5.69 Å². The molecule has 0 saturated carbocycles. The lowest BCUT2D eigenvalue weighted by atomic mass is 10.2. The highest BCUT2D eigenvalue weighted by molar-refractivity contribution is 6.31. The molecule has 0 aromatic carbocycles. The molecule has 6 nitrogen and oxygen atoms in total. The van der Waals surface area contributed by atoms with Gasteiger partial charge in [0.05, 0.1) is 4.92 Å². The second-order valence-corrected chi connectivity index (χ2v) is 3.22. The third-order valence-corrected chi connectivity index (χ3v) is 2.17. The molecule has 7 heteroatoms. The fourth-order valence-corrected chi connectivity index (χ4v) is 1.44. The molecule has 0 atom stereocenters. The molecule has 0 fully saturated rings. The molecule has 0 radical (unpaired) electrons. The summed E-state index contributed by atoms with van der Waals surface area (Å²) in [6.07, 6.45) is 4.22. The number of nitrogens with zero attached hydrogens (tertiary/aromatic N) is 4. The van der Waals surface area contributed by atoms with E-state index in [0.29, 0.717) is 5.56 Å². The Morgan fingerprint density at radius 2 is 2.19 bits per heavy atom. The van der Waals surface area contributed by atoms with Crippen molar-refractivity contribution in [3.05, 3.63) is 46.1 Å². The summed E-state index contributed by atoms with van der Waals surface area (Å²) in [4.78, 5) is 21.5. The summed E-state index contributed by atoms with van der Waals surface area (Å²) in [6, 6.07) is 3.33. The van der Waals surface area contributed by atoms with E-state index in [2.05, 4.69) is 15.0 Å². The fraction of sp³-hybridized carbons (Fsp3) is 0. The molecule has 0 saturated heterocycles. The van der Waals surface area contributed by atoms with Crippen LogP contribution in [0.15, 0.2) is 30.9 Å². The van der Waals surface area contributed by atoms with Gasteiger partial charge in [-0.2, -0.15) is 0 Å². The predicted octanol–water partition coefficient (Wildman–Crippen LogP) is 2.10. The van der Waals surface area contributed by atoms with Crippen LogP contribution in [0.25, 0.3) is 11.3 Å². The Hall–Kier alpha value is -2.08. The first-order valence-electron chi connectivity index (χ1n) is 4.25. The molecule has 2 aromatic rings. The number of aromatic nitrogens is 3. The smallest absolute Gasteiger partial charge is 0.264 e. The molecular weight excluding hydrogens is 232 g/mol. The molecule has 0 aliphatic carbocycles. The van der Waals surface area contributed by atoms with Gasteiger partial charge in [0.15, 0.2) is 5.69 Å². The summed E-state index contributed by atoms with van der Waals surface area (Å²) in [5, 5.41) is 10.7. The SMILES string of the molecule is O=[N+]([O-])c1c(Cl)ncnc1-c1cccnc1. The number of hydrogen-bond acceptors (Lipinski definition) is 5. The van der Waals surface area contributed by atoms with Gasteiger partial charge in [0, 0.05) is 18.0 Å². The molecular formula is C9H5ClN4O2. The van der Waals surface area contributed by atoms with Crippen LogP contribution in [0.1, 0.15) is 0 Å². The first-order valence-corrected chi connectivity index (χ1v) is 4.63. The zero-order valence-corrected chi connectivity index (χ0v) is 8.63. The normalized spacial score (nSPS) is 10.1. The summed E-state index contributed by atoms with van der Waals surface area (Å²) >= 11 is 5.66. The van der Waals surface area contributed by atoms with Crippen molar-refractivity contribution in [3.63, 3.8) is 0 Å². The van der Waals surface area contributed by atoms with Gasteiger partial charge in [0.2, 0.25) is 5.15 Å². The number of halogens is 1. The summed E-state index contributed by atoms with van der Waals surface area (Å²) in [5.41, 5.74) is 0.383. The molecule has 80 valence electrons. The quantitative estimate of drug-likeness (QED) is 0.453. The topological polar surface area (TPSA) is 81.8 Å². The highest BCUT2D eigenvalue weighted by atomic mass is 35.5. The van der Waals surface area contributed by atoms with Crippen molar-refractivity contribution in [1.29, 1.82) is 0 Å². The zero-order chi connectivity index (χ0) is 11.5. The van der Waals surface area contributed by atoms with Crippen molar-refractivity contribution < 1.29 is 4.92 Å².